The summed E-state index contributed by atoms with van der Waals surface area (Å²) in [7, 11) is 0. The highest BCUT2D eigenvalue weighted by Gasteiger charge is 2.33. The summed E-state index contributed by atoms with van der Waals surface area (Å²) < 4.78 is 21.6. The van der Waals surface area contributed by atoms with Crippen LogP contribution >= 0.6 is 11.6 Å². The van der Waals surface area contributed by atoms with Crippen LogP contribution in [-0.2, 0) is 25.4 Å². The van der Waals surface area contributed by atoms with Crippen LogP contribution in [0.4, 0.5) is 0 Å². The number of aliphatic hydroxyl groups is 1. The minimum absolute atomic E-state index is 0.135. The number of carbonyl (C=O) groups excluding carboxylic acids is 1. The predicted octanol–water partition coefficient (Wildman–Crippen LogP) is 2.29. The van der Waals surface area contributed by atoms with E-state index in [-0.39, 0.29) is 31.2 Å². The lowest BCUT2D eigenvalue weighted by atomic mass is 10.1. The van der Waals surface area contributed by atoms with Crippen LogP contribution in [0.5, 0.6) is 5.75 Å². The first-order chi connectivity index (χ1) is 11.9. The first kappa shape index (κ1) is 20.0. The third-order valence-electron chi connectivity index (χ3n) is 3.66. The Balaban J connectivity index is 1.66. The Kier molecular flexibility index (Phi) is 7.50. The van der Waals surface area contributed by atoms with Crippen LogP contribution in [0, 0.1) is 0 Å². The normalized spacial score (nSPS) is 20.2. The van der Waals surface area contributed by atoms with Crippen molar-refractivity contribution in [2.75, 3.05) is 25.7 Å². The van der Waals surface area contributed by atoms with Gasteiger partial charge in [0.1, 0.15) is 31.2 Å². The molecule has 0 radical (unpaired) electrons. The number of alkyl halides is 1. The van der Waals surface area contributed by atoms with E-state index in [1.54, 1.807) is 12.1 Å². The number of aliphatic hydroxyl groups excluding tert-OH is 1. The summed E-state index contributed by atoms with van der Waals surface area (Å²) >= 11 is 5.51. The zero-order valence-electron chi connectivity index (χ0n) is 14.6. The van der Waals surface area contributed by atoms with Crippen molar-refractivity contribution in [1.82, 2.24) is 0 Å². The second-order valence-corrected chi connectivity index (χ2v) is 6.71. The number of ether oxygens (including phenoxy) is 4. The summed E-state index contributed by atoms with van der Waals surface area (Å²) in [5.41, 5.74) is 1.00. The van der Waals surface area contributed by atoms with Gasteiger partial charge in [0.2, 0.25) is 0 Å². The molecule has 1 fully saturated rings. The van der Waals surface area contributed by atoms with Crippen LogP contribution in [0.25, 0.3) is 0 Å². The Bertz CT molecular complexity index is 545. The average molecular weight is 373 g/mol. The first-order valence-electron chi connectivity index (χ1n) is 8.31. The summed E-state index contributed by atoms with van der Waals surface area (Å²) in [4.78, 5) is 11.8. The number of benzene rings is 1. The lowest BCUT2D eigenvalue weighted by Crippen LogP contribution is -2.25. The molecule has 1 heterocycles. The number of aryl methyl sites for hydroxylation is 1. The number of hydrogen-bond acceptors (Lipinski definition) is 6. The van der Waals surface area contributed by atoms with Gasteiger partial charge in [-0.25, -0.2) is 0 Å². The Hall–Kier alpha value is -1.34. The van der Waals surface area contributed by atoms with Gasteiger partial charge in [0, 0.05) is 6.42 Å². The number of carbonyl (C=O) groups is 1. The molecule has 1 aliphatic heterocycles. The molecule has 25 heavy (non-hydrogen) atoms. The van der Waals surface area contributed by atoms with E-state index in [9.17, 15) is 9.90 Å². The smallest absolute Gasteiger partial charge is 0.306 e. The number of esters is 1. The van der Waals surface area contributed by atoms with Gasteiger partial charge in [0.25, 0.3) is 0 Å². The molecule has 1 unspecified atom stereocenters. The van der Waals surface area contributed by atoms with E-state index in [2.05, 4.69) is 0 Å². The molecule has 1 aliphatic rings. The van der Waals surface area contributed by atoms with E-state index in [4.69, 9.17) is 30.5 Å². The molecule has 1 aromatic rings. The highest BCUT2D eigenvalue weighted by atomic mass is 35.5. The minimum Gasteiger partial charge on any atom is -0.491 e. The molecule has 0 amide bonds. The molecule has 6 nitrogen and oxygen atoms in total. The van der Waals surface area contributed by atoms with Gasteiger partial charge >= 0.3 is 5.97 Å². The van der Waals surface area contributed by atoms with Crippen molar-refractivity contribution in [3.63, 3.8) is 0 Å². The van der Waals surface area contributed by atoms with Crippen molar-refractivity contribution in [3.8, 4) is 5.75 Å². The summed E-state index contributed by atoms with van der Waals surface area (Å²) in [5, 5.41) is 9.35. The van der Waals surface area contributed by atoms with Crippen LogP contribution in [0.1, 0.15) is 25.8 Å². The predicted molar refractivity (Wildman–Crippen MR) is 92.8 cm³/mol. The Labute approximate surface area is 153 Å². The molecule has 1 aromatic carbocycles. The van der Waals surface area contributed by atoms with Crippen molar-refractivity contribution < 1.29 is 28.8 Å². The lowest BCUT2D eigenvalue weighted by Gasteiger charge is -2.17. The molecule has 0 aliphatic carbocycles. The summed E-state index contributed by atoms with van der Waals surface area (Å²) in [6.07, 6.45) is -0.0198. The van der Waals surface area contributed by atoms with E-state index >= 15 is 0 Å². The molecule has 7 heteroatoms. The fourth-order valence-electron chi connectivity index (χ4n) is 2.34. The SMILES string of the molecule is CC1(C)OCC(COC(=O)CCc2ccc(OC[C@@H](O)CCl)cc2)O1. The Morgan fingerprint density at radius 3 is 2.72 bits per heavy atom. The van der Waals surface area contributed by atoms with Gasteiger partial charge < -0.3 is 24.1 Å². The molecule has 1 N–H and O–H groups in total. The topological polar surface area (TPSA) is 74.2 Å². The first-order valence-corrected chi connectivity index (χ1v) is 8.84. The molecule has 140 valence electrons. The van der Waals surface area contributed by atoms with E-state index in [1.807, 2.05) is 26.0 Å². The van der Waals surface area contributed by atoms with Gasteiger partial charge in [-0.3, -0.25) is 4.79 Å². The molecule has 2 rings (SSSR count). The van der Waals surface area contributed by atoms with E-state index in [1.165, 1.54) is 0 Å². The van der Waals surface area contributed by atoms with Gasteiger partial charge in [-0.1, -0.05) is 12.1 Å². The van der Waals surface area contributed by atoms with Crippen LogP contribution in [-0.4, -0.2) is 54.8 Å². The largest absolute Gasteiger partial charge is 0.491 e. The monoisotopic (exact) mass is 372 g/mol. The number of rotatable bonds is 9. The highest BCUT2D eigenvalue weighted by molar-refractivity contribution is 6.18. The van der Waals surface area contributed by atoms with E-state index < -0.39 is 11.9 Å². The van der Waals surface area contributed by atoms with Crippen LogP contribution in [0.2, 0.25) is 0 Å². The molecular formula is C18H25ClO6. The Morgan fingerprint density at radius 2 is 2.12 bits per heavy atom. The van der Waals surface area contributed by atoms with Crippen molar-refractivity contribution >= 4 is 17.6 Å². The minimum atomic E-state index is -0.684. The van der Waals surface area contributed by atoms with Gasteiger partial charge in [-0.15, -0.1) is 11.6 Å². The second-order valence-electron chi connectivity index (χ2n) is 6.40. The third kappa shape index (κ3) is 7.20. The van der Waals surface area contributed by atoms with Crippen molar-refractivity contribution in [2.45, 2.75) is 44.7 Å². The zero-order chi connectivity index (χ0) is 18.3. The third-order valence-corrected chi connectivity index (χ3v) is 4.02. The van der Waals surface area contributed by atoms with Gasteiger partial charge in [-0.05, 0) is 38.0 Å². The van der Waals surface area contributed by atoms with Gasteiger partial charge in [0.15, 0.2) is 5.79 Å². The molecule has 0 bridgehead atoms. The summed E-state index contributed by atoms with van der Waals surface area (Å²) in [6, 6.07) is 7.36. The number of halogens is 1. The molecular weight excluding hydrogens is 348 g/mol. The zero-order valence-corrected chi connectivity index (χ0v) is 15.3. The molecule has 0 aromatic heterocycles. The second kappa shape index (κ2) is 9.38. The van der Waals surface area contributed by atoms with Crippen LogP contribution in [0.3, 0.4) is 0 Å². The fourth-order valence-corrected chi connectivity index (χ4v) is 2.43. The molecule has 2 atom stereocenters. The highest BCUT2D eigenvalue weighted by Crippen LogP contribution is 2.22. The van der Waals surface area contributed by atoms with Crippen molar-refractivity contribution in [3.05, 3.63) is 29.8 Å². The Morgan fingerprint density at radius 1 is 1.40 bits per heavy atom. The molecule has 0 saturated carbocycles. The van der Waals surface area contributed by atoms with E-state index in [0.29, 0.717) is 25.2 Å². The molecule has 1 saturated heterocycles. The maximum absolute atomic E-state index is 11.8. The van der Waals surface area contributed by atoms with Gasteiger partial charge in [0.05, 0.1) is 12.5 Å². The van der Waals surface area contributed by atoms with Crippen LogP contribution < -0.4 is 4.74 Å². The maximum atomic E-state index is 11.8. The van der Waals surface area contributed by atoms with Gasteiger partial charge in [-0.2, -0.15) is 0 Å². The van der Waals surface area contributed by atoms with Crippen molar-refractivity contribution in [2.24, 2.45) is 0 Å². The lowest BCUT2D eigenvalue weighted by molar-refractivity contribution is -0.158. The standard InChI is InChI=1S/C18H25ClO6/c1-18(2)24-12-16(25-18)11-23-17(21)8-5-13-3-6-15(7-4-13)22-10-14(20)9-19/h3-4,6-7,14,16,20H,5,8-12H2,1-2H3/t14-,16?/m0/s1. The number of hydrogen-bond donors (Lipinski definition) is 1. The van der Waals surface area contributed by atoms with E-state index in [0.717, 1.165) is 5.56 Å². The maximum Gasteiger partial charge on any atom is 0.306 e. The fraction of sp³-hybridized carbons (Fsp3) is 0.611. The average Bonchev–Trinajstić information content (AvgIpc) is 2.95. The summed E-state index contributed by atoms with van der Waals surface area (Å²) in [5.74, 6) is -0.0912. The quantitative estimate of drug-likeness (QED) is 0.529. The summed E-state index contributed by atoms with van der Waals surface area (Å²) in [6.45, 7) is 4.45. The van der Waals surface area contributed by atoms with Crippen LogP contribution in [0.15, 0.2) is 24.3 Å². The van der Waals surface area contributed by atoms with Crippen molar-refractivity contribution in [1.29, 1.82) is 0 Å². The molecule has 0 spiro atoms.